The zero-order valence-electron chi connectivity index (χ0n) is 8.86. The molecular weight excluding hydrogens is 164 g/mol. The maximum Gasteiger partial charge on any atom is 0.0690 e. The summed E-state index contributed by atoms with van der Waals surface area (Å²) >= 11 is 0. The lowest BCUT2D eigenvalue weighted by molar-refractivity contribution is -0.0767. The summed E-state index contributed by atoms with van der Waals surface area (Å²) < 4.78 is 5.52. The molecule has 0 atom stereocenters. The van der Waals surface area contributed by atoms with Crippen molar-refractivity contribution in [1.82, 2.24) is 10.6 Å². The summed E-state index contributed by atoms with van der Waals surface area (Å²) in [5.41, 5.74) is 0.229. The average Bonchev–Trinajstić information content (AvgIpc) is 2.09. The number of likely N-dealkylation sites (N-methyl/N-ethyl adjacent to an activating group) is 1. The van der Waals surface area contributed by atoms with Gasteiger partial charge in [0, 0.05) is 20.2 Å². The third kappa shape index (κ3) is 3.25. The minimum Gasteiger partial charge on any atom is -0.378 e. The van der Waals surface area contributed by atoms with E-state index in [0.29, 0.717) is 0 Å². The molecule has 0 aromatic heterocycles. The fourth-order valence-electron chi connectivity index (χ4n) is 1.78. The lowest BCUT2D eigenvalue weighted by Crippen LogP contribution is -2.42. The van der Waals surface area contributed by atoms with Crippen LogP contribution in [0.2, 0.25) is 0 Å². The third-order valence-corrected chi connectivity index (χ3v) is 3.01. The monoisotopic (exact) mass is 186 g/mol. The minimum absolute atomic E-state index is 0.229. The van der Waals surface area contributed by atoms with Gasteiger partial charge in [0.25, 0.3) is 0 Å². The first-order valence-corrected chi connectivity index (χ1v) is 5.23. The van der Waals surface area contributed by atoms with E-state index in [4.69, 9.17) is 4.74 Å². The van der Waals surface area contributed by atoms with Gasteiger partial charge >= 0.3 is 0 Å². The average molecular weight is 186 g/mol. The Balaban J connectivity index is 1.98. The van der Waals surface area contributed by atoms with Crippen LogP contribution in [0.5, 0.6) is 0 Å². The maximum absolute atomic E-state index is 5.52. The van der Waals surface area contributed by atoms with E-state index in [1.165, 1.54) is 19.3 Å². The zero-order chi connectivity index (χ0) is 9.57. The maximum atomic E-state index is 5.52. The number of hydrogen-bond acceptors (Lipinski definition) is 3. The standard InChI is InChI=1S/C10H22N2O/c1-11-8-9-12-7-6-10(13-2)4-3-5-10/h11-12H,3-9H2,1-2H3. The summed E-state index contributed by atoms with van der Waals surface area (Å²) in [5, 5.41) is 6.52. The van der Waals surface area contributed by atoms with Gasteiger partial charge in [0.05, 0.1) is 5.60 Å². The second-order valence-electron chi connectivity index (χ2n) is 3.84. The first-order valence-electron chi connectivity index (χ1n) is 5.23. The Morgan fingerprint density at radius 2 is 2.00 bits per heavy atom. The van der Waals surface area contributed by atoms with Crippen LogP contribution >= 0.6 is 0 Å². The van der Waals surface area contributed by atoms with Gasteiger partial charge < -0.3 is 15.4 Å². The van der Waals surface area contributed by atoms with Crippen molar-refractivity contribution < 1.29 is 4.74 Å². The van der Waals surface area contributed by atoms with Gasteiger partial charge in [-0.05, 0) is 39.3 Å². The van der Waals surface area contributed by atoms with E-state index in [9.17, 15) is 0 Å². The number of hydrogen-bond donors (Lipinski definition) is 2. The molecule has 1 rings (SSSR count). The lowest BCUT2D eigenvalue weighted by atomic mass is 9.77. The first-order chi connectivity index (χ1) is 6.33. The normalized spacial score (nSPS) is 19.8. The van der Waals surface area contributed by atoms with E-state index in [1.807, 2.05) is 14.2 Å². The van der Waals surface area contributed by atoms with Gasteiger partial charge in [-0.25, -0.2) is 0 Å². The summed E-state index contributed by atoms with van der Waals surface area (Å²) in [6.45, 7) is 3.17. The number of ether oxygens (including phenoxy) is 1. The van der Waals surface area contributed by atoms with Crippen LogP contribution in [0, 0.1) is 0 Å². The van der Waals surface area contributed by atoms with Crippen molar-refractivity contribution in [3.63, 3.8) is 0 Å². The van der Waals surface area contributed by atoms with E-state index >= 15 is 0 Å². The van der Waals surface area contributed by atoms with Crippen molar-refractivity contribution in [2.45, 2.75) is 31.3 Å². The SMILES string of the molecule is CNCCNCCC1(OC)CCC1. The molecule has 2 N–H and O–H groups in total. The summed E-state index contributed by atoms with van der Waals surface area (Å²) in [7, 11) is 3.82. The summed E-state index contributed by atoms with van der Waals surface area (Å²) in [6, 6.07) is 0. The molecule has 0 spiro atoms. The Kier molecular flexibility index (Phi) is 4.70. The highest BCUT2D eigenvalue weighted by Crippen LogP contribution is 2.37. The molecule has 1 fully saturated rings. The predicted octanol–water partition coefficient (Wildman–Crippen LogP) is 0.755. The van der Waals surface area contributed by atoms with Crippen molar-refractivity contribution >= 4 is 0 Å². The smallest absolute Gasteiger partial charge is 0.0690 e. The molecule has 0 aromatic carbocycles. The van der Waals surface area contributed by atoms with E-state index in [1.54, 1.807) is 0 Å². The second-order valence-corrected chi connectivity index (χ2v) is 3.84. The molecule has 1 aliphatic rings. The van der Waals surface area contributed by atoms with Crippen molar-refractivity contribution in [3.8, 4) is 0 Å². The highest BCUT2D eigenvalue weighted by Gasteiger charge is 2.35. The van der Waals surface area contributed by atoms with E-state index in [-0.39, 0.29) is 5.60 Å². The summed E-state index contributed by atoms with van der Waals surface area (Å²) in [5.74, 6) is 0. The summed E-state index contributed by atoms with van der Waals surface area (Å²) in [6.07, 6.45) is 4.99. The van der Waals surface area contributed by atoms with Crippen molar-refractivity contribution in [1.29, 1.82) is 0 Å². The fraction of sp³-hybridized carbons (Fsp3) is 1.00. The Hall–Kier alpha value is -0.120. The lowest BCUT2D eigenvalue weighted by Gasteiger charge is -2.40. The highest BCUT2D eigenvalue weighted by atomic mass is 16.5. The van der Waals surface area contributed by atoms with Crippen LogP contribution < -0.4 is 10.6 Å². The minimum atomic E-state index is 0.229. The summed E-state index contributed by atoms with van der Waals surface area (Å²) in [4.78, 5) is 0. The molecule has 0 aliphatic heterocycles. The van der Waals surface area contributed by atoms with E-state index in [0.717, 1.165) is 26.1 Å². The fourth-order valence-corrected chi connectivity index (χ4v) is 1.78. The second kappa shape index (κ2) is 5.58. The van der Waals surface area contributed by atoms with Crippen molar-refractivity contribution in [2.75, 3.05) is 33.8 Å². The number of methoxy groups -OCH3 is 1. The molecule has 3 nitrogen and oxygen atoms in total. The number of nitrogens with one attached hydrogen (secondary N) is 2. The van der Waals surface area contributed by atoms with Crippen molar-refractivity contribution in [3.05, 3.63) is 0 Å². The van der Waals surface area contributed by atoms with Gasteiger partial charge in [-0.15, -0.1) is 0 Å². The van der Waals surface area contributed by atoms with E-state index in [2.05, 4.69) is 10.6 Å². The van der Waals surface area contributed by atoms with Gasteiger partial charge in [0.1, 0.15) is 0 Å². The molecule has 0 bridgehead atoms. The molecule has 0 unspecified atom stereocenters. The molecule has 0 heterocycles. The molecule has 0 radical (unpaired) electrons. The van der Waals surface area contributed by atoms with Gasteiger partial charge in [-0.2, -0.15) is 0 Å². The Morgan fingerprint density at radius 1 is 1.23 bits per heavy atom. The van der Waals surface area contributed by atoms with Crippen LogP contribution in [-0.2, 0) is 4.74 Å². The quantitative estimate of drug-likeness (QED) is 0.576. The van der Waals surface area contributed by atoms with Crippen LogP contribution in [0.4, 0.5) is 0 Å². The largest absolute Gasteiger partial charge is 0.378 e. The Bertz CT molecular complexity index is 129. The predicted molar refractivity (Wildman–Crippen MR) is 55.0 cm³/mol. The van der Waals surface area contributed by atoms with Crippen LogP contribution in [-0.4, -0.2) is 39.4 Å². The highest BCUT2D eigenvalue weighted by molar-refractivity contribution is 4.89. The molecule has 0 aromatic rings. The Morgan fingerprint density at radius 3 is 2.46 bits per heavy atom. The van der Waals surface area contributed by atoms with Crippen LogP contribution in [0.1, 0.15) is 25.7 Å². The van der Waals surface area contributed by atoms with Crippen LogP contribution in [0.15, 0.2) is 0 Å². The van der Waals surface area contributed by atoms with Gasteiger partial charge in [-0.1, -0.05) is 0 Å². The number of rotatable bonds is 7. The molecule has 3 heteroatoms. The Labute approximate surface area is 81.2 Å². The first kappa shape index (κ1) is 11.0. The molecule has 1 aliphatic carbocycles. The molecule has 0 saturated heterocycles. The van der Waals surface area contributed by atoms with Crippen molar-refractivity contribution in [2.24, 2.45) is 0 Å². The zero-order valence-corrected chi connectivity index (χ0v) is 8.86. The third-order valence-electron chi connectivity index (χ3n) is 3.01. The van der Waals surface area contributed by atoms with Gasteiger partial charge in [-0.3, -0.25) is 0 Å². The van der Waals surface area contributed by atoms with Crippen LogP contribution in [0.3, 0.4) is 0 Å². The topological polar surface area (TPSA) is 33.3 Å². The molecule has 0 amide bonds. The molecule has 78 valence electrons. The molecule has 1 saturated carbocycles. The van der Waals surface area contributed by atoms with Gasteiger partial charge in [0.15, 0.2) is 0 Å². The molecular formula is C10H22N2O. The molecule has 13 heavy (non-hydrogen) atoms. The van der Waals surface area contributed by atoms with Crippen LogP contribution in [0.25, 0.3) is 0 Å². The van der Waals surface area contributed by atoms with Gasteiger partial charge in [0.2, 0.25) is 0 Å². The van der Waals surface area contributed by atoms with E-state index < -0.39 is 0 Å².